The van der Waals surface area contributed by atoms with Gasteiger partial charge in [-0.2, -0.15) is 0 Å². The van der Waals surface area contributed by atoms with Crippen LogP contribution in [0.3, 0.4) is 0 Å². The number of rotatable bonds is 10. The number of nitrogens with one attached hydrogen (secondary N) is 1. The van der Waals surface area contributed by atoms with Crippen LogP contribution in [0.5, 0.6) is 23.0 Å². The summed E-state index contributed by atoms with van der Waals surface area (Å²) in [5, 5.41) is 14.6. The Bertz CT molecular complexity index is 1300. The molecule has 0 amide bonds. The van der Waals surface area contributed by atoms with Crippen molar-refractivity contribution in [3.63, 3.8) is 0 Å². The topological polar surface area (TPSA) is 67.8 Å². The number of aryl methyl sites for hydroxylation is 1. The number of phenolic OH excluding ortho intramolecular Hbond substituents is 1. The lowest BCUT2D eigenvalue weighted by molar-refractivity contribution is 0.104. The first-order valence-corrected chi connectivity index (χ1v) is 12.3. The molecule has 4 aromatic rings. The highest BCUT2D eigenvalue weighted by Gasteiger charge is 2.23. The molecule has 0 bridgehead atoms. The average Bonchev–Trinajstić information content (AvgIpc) is 3.17. The Kier molecular flexibility index (Phi) is 7.73. The van der Waals surface area contributed by atoms with E-state index in [2.05, 4.69) is 12.2 Å². The van der Waals surface area contributed by atoms with Gasteiger partial charge in [-0.3, -0.25) is 4.79 Å². The number of carbonyl (C=O) groups excluding carboxylic acids is 1. The smallest absolute Gasteiger partial charge is 0.207 e. The molecule has 0 unspecified atom stereocenters. The minimum Gasteiger partial charge on any atom is -0.508 e. The lowest BCUT2D eigenvalue weighted by atomic mass is 10.0. The van der Waals surface area contributed by atoms with E-state index < -0.39 is 0 Å². The van der Waals surface area contributed by atoms with E-state index in [1.165, 1.54) is 11.3 Å². The van der Waals surface area contributed by atoms with Crippen molar-refractivity contribution in [3.8, 4) is 23.0 Å². The van der Waals surface area contributed by atoms with Gasteiger partial charge in [-0.05, 0) is 92.7 Å². The number of carbonyl (C=O) groups is 1. The van der Waals surface area contributed by atoms with Crippen molar-refractivity contribution in [1.29, 1.82) is 0 Å². The van der Waals surface area contributed by atoms with E-state index in [1.807, 2.05) is 31.2 Å². The Morgan fingerprint density at radius 3 is 2.56 bits per heavy atom. The van der Waals surface area contributed by atoms with Crippen molar-refractivity contribution in [1.82, 2.24) is 5.32 Å². The fraction of sp³-hybridized carbons (Fsp3) is 0.222. The number of benzene rings is 3. The van der Waals surface area contributed by atoms with E-state index in [0.29, 0.717) is 33.6 Å². The number of ketones is 1. The van der Waals surface area contributed by atoms with Gasteiger partial charge in [0.25, 0.3) is 0 Å². The zero-order valence-corrected chi connectivity index (χ0v) is 20.6. The predicted octanol–water partition coefficient (Wildman–Crippen LogP) is 6.97. The lowest BCUT2D eigenvalue weighted by Crippen LogP contribution is -2.16. The van der Waals surface area contributed by atoms with Crippen molar-refractivity contribution in [3.05, 3.63) is 81.7 Å². The Labute approximate surface area is 207 Å². The summed E-state index contributed by atoms with van der Waals surface area (Å²) in [6, 6.07) is 17.6. The molecule has 0 saturated heterocycles. The monoisotopic (exact) mass is 495 g/mol. The molecule has 34 heavy (non-hydrogen) atoms. The molecule has 0 spiro atoms. The van der Waals surface area contributed by atoms with Gasteiger partial charge in [0.1, 0.15) is 22.1 Å². The predicted molar refractivity (Wildman–Crippen MR) is 138 cm³/mol. The third kappa shape index (κ3) is 5.53. The fourth-order valence-electron chi connectivity index (χ4n) is 3.60. The molecule has 0 aliphatic rings. The van der Waals surface area contributed by atoms with Gasteiger partial charge in [-0.15, -0.1) is 11.3 Å². The van der Waals surface area contributed by atoms with Crippen molar-refractivity contribution in [2.24, 2.45) is 0 Å². The van der Waals surface area contributed by atoms with Gasteiger partial charge in [0.2, 0.25) is 5.78 Å². The highest BCUT2D eigenvalue weighted by molar-refractivity contribution is 7.21. The summed E-state index contributed by atoms with van der Waals surface area (Å²) < 4.78 is 12.8. The molecule has 4 rings (SSSR count). The number of aromatic hydroxyl groups is 1. The van der Waals surface area contributed by atoms with Crippen LogP contribution in [0.25, 0.3) is 10.1 Å². The number of fused-ring (bicyclic) bond motifs is 1. The molecule has 5 nitrogen and oxygen atoms in total. The molecular weight excluding hydrogens is 470 g/mol. The molecule has 176 valence electrons. The quantitative estimate of drug-likeness (QED) is 0.184. The molecule has 0 aliphatic heterocycles. The summed E-state index contributed by atoms with van der Waals surface area (Å²) in [6.07, 6.45) is 0.926. The first-order valence-electron chi connectivity index (χ1n) is 11.1. The SMILES string of the molecule is CCNCCCOc1ccc(Oc2c(C(=O)c3ccc(Cl)cc3C)sc3cc(O)ccc23)cc1. The molecule has 2 N–H and O–H groups in total. The second-order valence-corrected chi connectivity index (χ2v) is 9.35. The second-order valence-electron chi connectivity index (χ2n) is 7.86. The molecule has 0 saturated carbocycles. The van der Waals surface area contributed by atoms with E-state index in [0.717, 1.165) is 40.9 Å². The number of hydrogen-bond acceptors (Lipinski definition) is 6. The van der Waals surface area contributed by atoms with Gasteiger partial charge >= 0.3 is 0 Å². The second kappa shape index (κ2) is 10.9. The summed E-state index contributed by atoms with van der Waals surface area (Å²) in [5.74, 6) is 1.81. The van der Waals surface area contributed by atoms with Gasteiger partial charge in [0.15, 0.2) is 5.75 Å². The van der Waals surface area contributed by atoms with Crippen LogP contribution in [0.15, 0.2) is 60.7 Å². The highest BCUT2D eigenvalue weighted by atomic mass is 35.5. The summed E-state index contributed by atoms with van der Waals surface area (Å²) >= 11 is 7.38. The van der Waals surface area contributed by atoms with E-state index in [1.54, 1.807) is 36.4 Å². The van der Waals surface area contributed by atoms with E-state index in [4.69, 9.17) is 21.1 Å². The minimum absolute atomic E-state index is 0.137. The maximum Gasteiger partial charge on any atom is 0.207 e. The van der Waals surface area contributed by atoms with Crippen molar-refractivity contribution >= 4 is 38.8 Å². The van der Waals surface area contributed by atoms with Crippen LogP contribution in [0, 0.1) is 6.92 Å². The van der Waals surface area contributed by atoms with Gasteiger partial charge in [0.05, 0.1) is 6.61 Å². The van der Waals surface area contributed by atoms with E-state index in [9.17, 15) is 9.90 Å². The molecule has 3 aromatic carbocycles. The van der Waals surface area contributed by atoms with Crippen LogP contribution < -0.4 is 14.8 Å². The number of halogens is 1. The zero-order chi connectivity index (χ0) is 24.1. The van der Waals surface area contributed by atoms with Crippen LogP contribution in [-0.2, 0) is 0 Å². The molecule has 0 atom stereocenters. The highest BCUT2D eigenvalue weighted by Crippen LogP contribution is 2.43. The first kappa shape index (κ1) is 24.1. The Hall–Kier alpha value is -3.06. The molecule has 0 fully saturated rings. The summed E-state index contributed by atoms with van der Waals surface area (Å²) in [6.45, 7) is 6.43. The third-order valence-corrected chi connectivity index (χ3v) is 6.70. The van der Waals surface area contributed by atoms with E-state index >= 15 is 0 Å². The van der Waals surface area contributed by atoms with Crippen molar-refractivity contribution < 1.29 is 19.4 Å². The molecule has 1 heterocycles. The number of thiophene rings is 1. The summed E-state index contributed by atoms with van der Waals surface area (Å²) in [5.41, 5.74) is 1.35. The van der Waals surface area contributed by atoms with Crippen LogP contribution in [0.2, 0.25) is 5.02 Å². The Morgan fingerprint density at radius 1 is 1.06 bits per heavy atom. The molecular formula is C27H26ClNO4S. The van der Waals surface area contributed by atoms with Gasteiger partial charge in [-0.25, -0.2) is 0 Å². The number of phenols is 1. The molecule has 7 heteroatoms. The van der Waals surface area contributed by atoms with Crippen LogP contribution in [0.1, 0.15) is 34.1 Å². The lowest BCUT2D eigenvalue weighted by Gasteiger charge is -2.10. The van der Waals surface area contributed by atoms with Gasteiger partial charge in [0, 0.05) is 20.7 Å². The van der Waals surface area contributed by atoms with Crippen molar-refractivity contribution in [2.75, 3.05) is 19.7 Å². The Morgan fingerprint density at radius 2 is 1.82 bits per heavy atom. The zero-order valence-electron chi connectivity index (χ0n) is 19.1. The maximum atomic E-state index is 13.5. The normalized spacial score (nSPS) is 11.0. The Balaban J connectivity index is 1.61. The molecule has 0 aliphatic carbocycles. The maximum absolute atomic E-state index is 13.5. The van der Waals surface area contributed by atoms with Crippen LogP contribution in [0.4, 0.5) is 0 Å². The summed E-state index contributed by atoms with van der Waals surface area (Å²) in [4.78, 5) is 14.0. The third-order valence-electron chi connectivity index (χ3n) is 5.33. The van der Waals surface area contributed by atoms with Crippen LogP contribution >= 0.6 is 22.9 Å². The number of hydrogen-bond donors (Lipinski definition) is 2. The first-order chi connectivity index (χ1) is 16.5. The average molecular weight is 496 g/mol. The van der Waals surface area contributed by atoms with Gasteiger partial charge in [-0.1, -0.05) is 18.5 Å². The minimum atomic E-state index is -0.148. The largest absolute Gasteiger partial charge is 0.508 e. The van der Waals surface area contributed by atoms with Crippen LogP contribution in [-0.4, -0.2) is 30.6 Å². The van der Waals surface area contributed by atoms with Crippen molar-refractivity contribution in [2.45, 2.75) is 20.3 Å². The van der Waals surface area contributed by atoms with E-state index in [-0.39, 0.29) is 11.5 Å². The molecule has 1 aromatic heterocycles. The summed E-state index contributed by atoms with van der Waals surface area (Å²) in [7, 11) is 0. The van der Waals surface area contributed by atoms with Gasteiger partial charge < -0.3 is 19.9 Å². The fourth-order valence-corrected chi connectivity index (χ4v) is 4.95. The number of ether oxygens (including phenoxy) is 2. The molecule has 0 radical (unpaired) electrons. The standard InChI is InChI=1S/C27H26ClNO4S/c1-3-29-13-4-14-32-20-7-9-21(10-8-20)33-26-23-12-6-19(30)16-24(23)34-27(26)25(31)22-11-5-18(28)15-17(22)2/h5-12,15-16,29-30H,3-4,13-14H2,1-2H3.